The minimum Gasteiger partial charge on any atom is -0.371 e. The van der Waals surface area contributed by atoms with E-state index in [0.29, 0.717) is 5.92 Å². The van der Waals surface area contributed by atoms with E-state index < -0.39 is 0 Å². The van der Waals surface area contributed by atoms with Crippen LogP contribution in [0.3, 0.4) is 0 Å². The van der Waals surface area contributed by atoms with Gasteiger partial charge in [0.25, 0.3) is 0 Å². The Morgan fingerprint density at radius 1 is 1.36 bits per heavy atom. The molecule has 2 N–H and O–H groups in total. The second-order valence-corrected chi connectivity index (χ2v) is 7.26. The van der Waals surface area contributed by atoms with Crippen LogP contribution in [0.1, 0.15) is 24.8 Å². The Bertz CT molecular complexity index is 564. The third kappa shape index (κ3) is 5.92. The highest BCUT2D eigenvalue weighted by atomic mass is 35.5. The summed E-state index contributed by atoms with van der Waals surface area (Å²) < 4.78 is 0. The topological polar surface area (TPSA) is 44.4 Å². The fraction of sp³-hybridized carbons (Fsp3) is 0.611. The number of carbonyl (C=O) groups is 1. The zero-order chi connectivity index (χ0) is 16.2. The second-order valence-electron chi connectivity index (χ2n) is 6.82. The first-order valence-electron chi connectivity index (χ1n) is 8.63. The van der Waals surface area contributed by atoms with Crippen molar-refractivity contribution in [2.24, 2.45) is 11.8 Å². The number of carbonyl (C=O) groups excluding carboxylic acids is 1. The molecule has 0 saturated carbocycles. The second kappa shape index (κ2) is 10.5. The van der Waals surface area contributed by atoms with Gasteiger partial charge < -0.3 is 15.5 Å². The number of nitrogens with zero attached hydrogens (tertiary/aromatic N) is 1. The molecule has 25 heavy (non-hydrogen) atoms. The average Bonchev–Trinajstić information content (AvgIpc) is 3.04. The van der Waals surface area contributed by atoms with Crippen molar-refractivity contribution in [3.63, 3.8) is 0 Å². The third-order valence-corrected chi connectivity index (χ3v) is 5.27. The predicted octanol–water partition coefficient (Wildman–Crippen LogP) is 3.43. The molecule has 7 heteroatoms. The van der Waals surface area contributed by atoms with Crippen LogP contribution < -0.4 is 15.5 Å². The fourth-order valence-corrected chi connectivity index (χ4v) is 3.77. The molecule has 0 spiro atoms. The number of piperidine rings is 1. The zero-order valence-electron chi connectivity index (χ0n) is 14.6. The molecule has 1 amide bonds. The SMILES string of the molecule is Cc1ccc(Cl)cc1N1CCC(CNC(=O)C2CCCNC2)C1.Cl.Cl. The Hall–Kier alpha value is -0.680. The molecular weight excluding hydrogens is 381 g/mol. The van der Waals surface area contributed by atoms with Gasteiger partial charge in [0.05, 0.1) is 5.92 Å². The van der Waals surface area contributed by atoms with Crippen LogP contribution in [0.2, 0.25) is 5.02 Å². The van der Waals surface area contributed by atoms with E-state index in [2.05, 4.69) is 28.5 Å². The van der Waals surface area contributed by atoms with Crippen molar-refractivity contribution in [2.45, 2.75) is 26.2 Å². The lowest BCUT2D eigenvalue weighted by Crippen LogP contribution is -2.42. The van der Waals surface area contributed by atoms with E-state index in [4.69, 9.17) is 11.6 Å². The molecule has 2 heterocycles. The van der Waals surface area contributed by atoms with E-state index in [1.807, 2.05) is 12.1 Å². The molecule has 2 unspecified atom stereocenters. The maximum absolute atomic E-state index is 12.2. The first kappa shape index (κ1) is 22.4. The van der Waals surface area contributed by atoms with Crippen molar-refractivity contribution >= 4 is 48.0 Å². The minimum atomic E-state index is 0. The van der Waals surface area contributed by atoms with Crippen molar-refractivity contribution in [2.75, 3.05) is 37.6 Å². The first-order valence-corrected chi connectivity index (χ1v) is 9.01. The lowest BCUT2D eigenvalue weighted by molar-refractivity contribution is -0.125. The molecule has 142 valence electrons. The Kier molecular flexibility index (Phi) is 9.36. The van der Waals surface area contributed by atoms with Crippen LogP contribution in [0.4, 0.5) is 5.69 Å². The molecule has 2 aliphatic rings. The summed E-state index contributed by atoms with van der Waals surface area (Å²) in [4.78, 5) is 14.6. The smallest absolute Gasteiger partial charge is 0.224 e. The summed E-state index contributed by atoms with van der Waals surface area (Å²) in [5.74, 6) is 0.889. The number of halogens is 3. The fourth-order valence-electron chi connectivity index (χ4n) is 3.61. The Balaban J connectivity index is 0.00000156. The standard InChI is InChI=1S/C18H26ClN3O.2ClH/c1-13-4-5-16(19)9-17(13)22-8-6-14(12-22)10-21-18(23)15-3-2-7-20-11-15;;/h4-5,9,14-15,20H,2-3,6-8,10-12H2,1H3,(H,21,23);2*1H. The van der Waals surface area contributed by atoms with Gasteiger partial charge in [-0.2, -0.15) is 0 Å². The number of rotatable bonds is 4. The van der Waals surface area contributed by atoms with Crippen LogP contribution in [-0.4, -0.2) is 38.6 Å². The van der Waals surface area contributed by atoms with Crippen LogP contribution in [-0.2, 0) is 4.79 Å². The van der Waals surface area contributed by atoms with E-state index in [1.165, 1.54) is 11.3 Å². The Morgan fingerprint density at radius 2 is 2.16 bits per heavy atom. The monoisotopic (exact) mass is 407 g/mol. The van der Waals surface area contributed by atoms with Gasteiger partial charge in [-0.1, -0.05) is 17.7 Å². The largest absolute Gasteiger partial charge is 0.371 e. The molecule has 0 aliphatic carbocycles. The highest BCUT2D eigenvalue weighted by molar-refractivity contribution is 6.30. The number of benzene rings is 1. The van der Waals surface area contributed by atoms with E-state index in [1.54, 1.807) is 0 Å². The molecule has 0 radical (unpaired) electrons. The molecule has 2 fully saturated rings. The maximum Gasteiger partial charge on any atom is 0.224 e. The Labute approximate surface area is 167 Å². The number of amides is 1. The van der Waals surface area contributed by atoms with Crippen LogP contribution >= 0.6 is 36.4 Å². The maximum atomic E-state index is 12.2. The van der Waals surface area contributed by atoms with Crippen LogP contribution in [0, 0.1) is 18.8 Å². The number of nitrogens with one attached hydrogen (secondary N) is 2. The number of anilines is 1. The lowest BCUT2D eigenvalue weighted by Gasteiger charge is -2.23. The van der Waals surface area contributed by atoms with Gasteiger partial charge in [-0.3, -0.25) is 4.79 Å². The summed E-state index contributed by atoms with van der Waals surface area (Å²) in [6, 6.07) is 6.06. The summed E-state index contributed by atoms with van der Waals surface area (Å²) in [7, 11) is 0. The molecule has 2 aliphatic heterocycles. The van der Waals surface area contributed by atoms with Crippen molar-refractivity contribution in [3.8, 4) is 0 Å². The normalized spacial score (nSPS) is 22.7. The number of hydrogen-bond acceptors (Lipinski definition) is 3. The summed E-state index contributed by atoms with van der Waals surface area (Å²) in [6.45, 7) is 6.80. The van der Waals surface area contributed by atoms with E-state index in [-0.39, 0.29) is 36.6 Å². The molecule has 4 nitrogen and oxygen atoms in total. The van der Waals surface area contributed by atoms with Crippen LogP contribution in [0.15, 0.2) is 18.2 Å². The molecule has 1 aromatic carbocycles. The zero-order valence-corrected chi connectivity index (χ0v) is 17.0. The van der Waals surface area contributed by atoms with E-state index >= 15 is 0 Å². The Morgan fingerprint density at radius 3 is 2.88 bits per heavy atom. The van der Waals surface area contributed by atoms with Gasteiger partial charge in [-0.15, -0.1) is 24.8 Å². The predicted molar refractivity (Wildman–Crippen MR) is 110 cm³/mol. The average molecular weight is 409 g/mol. The highest BCUT2D eigenvalue weighted by Gasteiger charge is 2.26. The number of aryl methyl sites for hydroxylation is 1. The van der Waals surface area contributed by atoms with E-state index in [0.717, 1.165) is 57.0 Å². The van der Waals surface area contributed by atoms with Crippen LogP contribution in [0.25, 0.3) is 0 Å². The van der Waals surface area contributed by atoms with E-state index in [9.17, 15) is 4.79 Å². The quantitative estimate of drug-likeness (QED) is 0.802. The van der Waals surface area contributed by atoms with Crippen molar-refractivity contribution in [1.82, 2.24) is 10.6 Å². The summed E-state index contributed by atoms with van der Waals surface area (Å²) in [5.41, 5.74) is 2.48. The van der Waals surface area contributed by atoms with Gasteiger partial charge in [-0.25, -0.2) is 0 Å². The summed E-state index contributed by atoms with van der Waals surface area (Å²) >= 11 is 6.13. The van der Waals surface area contributed by atoms with Crippen molar-refractivity contribution < 1.29 is 4.79 Å². The molecule has 0 aromatic heterocycles. The van der Waals surface area contributed by atoms with Gasteiger partial charge in [0.2, 0.25) is 5.91 Å². The van der Waals surface area contributed by atoms with Crippen molar-refractivity contribution in [1.29, 1.82) is 0 Å². The van der Waals surface area contributed by atoms with Gasteiger partial charge in [0.1, 0.15) is 0 Å². The van der Waals surface area contributed by atoms with Crippen molar-refractivity contribution in [3.05, 3.63) is 28.8 Å². The first-order chi connectivity index (χ1) is 11.1. The van der Waals surface area contributed by atoms with Gasteiger partial charge >= 0.3 is 0 Å². The number of hydrogen-bond donors (Lipinski definition) is 2. The minimum absolute atomic E-state index is 0. The molecule has 2 atom stereocenters. The molecule has 1 aromatic rings. The lowest BCUT2D eigenvalue weighted by atomic mass is 9.98. The third-order valence-electron chi connectivity index (χ3n) is 5.03. The molecule has 2 saturated heterocycles. The van der Waals surface area contributed by atoms with Gasteiger partial charge in [-0.05, 0) is 56.3 Å². The van der Waals surface area contributed by atoms with Gasteiger partial charge in [0, 0.05) is 36.9 Å². The molecule has 3 rings (SSSR count). The molecule has 0 bridgehead atoms. The van der Waals surface area contributed by atoms with Crippen LogP contribution in [0.5, 0.6) is 0 Å². The van der Waals surface area contributed by atoms with Gasteiger partial charge in [0.15, 0.2) is 0 Å². The summed E-state index contributed by atoms with van der Waals surface area (Å²) in [5, 5.41) is 7.25. The highest BCUT2D eigenvalue weighted by Crippen LogP contribution is 2.29. The molecular formula is C18H28Cl3N3O. The summed E-state index contributed by atoms with van der Waals surface area (Å²) in [6.07, 6.45) is 3.23.